The highest BCUT2D eigenvalue weighted by Gasteiger charge is 2.17. The zero-order valence-electron chi connectivity index (χ0n) is 12.9. The van der Waals surface area contributed by atoms with Crippen LogP contribution in [0.25, 0.3) is 11.0 Å². The number of aliphatic hydroxyl groups excluding tert-OH is 1. The summed E-state index contributed by atoms with van der Waals surface area (Å²) in [5.41, 5.74) is 1.70. The Labute approximate surface area is 140 Å². The van der Waals surface area contributed by atoms with Crippen LogP contribution in [0.1, 0.15) is 23.8 Å². The molecule has 0 aliphatic heterocycles. The van der Waals surface area contributed by atoms with E-state index in [1.54, 1.807) is 36.4 Å². The van der Waals surface area contributed by atoms with Crippen molar-refractivity contribution in [1.82, 2.24) is 9.88 Å². The average Bonchev–Trinajstić information content (AvgIpc) is 2.98. The molecule has 0 fully saturated rings. The van der Waals surface area contributed by atoms with E-state index in [2.05, 4.69) is 9.88 Å². The number of fused-ring (bicyclic) bond motifs is 1. The van der Waals surface area contributed by atoms with E-state index in [-0.39, 0.29) is 12.3 Å². The maximum absolute atomic E-state index is 12.2. The lowest BCUT2D eigenvalue weighted by Gasteiger charge is -2.11. The molecule has 0 bridgehead atoms. The number of aromatic nitrogens is 1. The molecular formula is C17H18N2O4S. The van der Waals surface area contributed by atoms with Gasteiger partial charge in [-0.1, -0.05) is 47.6 Å². The minimum absolute atomic E-state index is 0.147. The molecule has 3 rings (SSSR count). The second kappa shape index (κ2) is 7.12. The first kappa shape index (κ1) is 16.6. The molecule has 0 aliphatic rings. The Balaban J connectivity index is 1.58. The summed E-state index contributed by atoms with van der Waals surface area (Å²) in [5, 5.41) is 14.6. The second-order valence-corrected chi connectivity index (χ2v) is 7.30. The van der Waals surface area contributed by atoms with Crippen LogP contribution in [0.15, 0.2) is 59.1 Å². The highest BCUT2D eigenvalue weighted by Crippen LogP contribution is 2.20. The number of rotatable bonds is 7. The second-order valence-electron chi connectivity index (χ2n) is 5.49. The summed E-state index contributed by atoms with van der Waals surface area (Å²) in [5.74, 6) is -0.258. The van der Waals surface area contributed by atoms with Crippen LogP contribution in [0, 0.1) is 0 Å². The smallest absolute Gasteiger partial charge is 0.217 e. The molecule has 2 aromatic carbocycles. The van der Waals surface area contributed by atoms with Crippen molar-refractivity contribution in [2.45, 2.75) is 18.3 Å². The van der Waals surface area contributed by atoms with Crippen LogP contribution >= 0.6 is 0 Å². The van der Waals surface area contributed by atoms with E-state index >= 15 is 0 Å². The number of benzene rings is 2. The summed E-state index contributed by atoms with van der Waals surface area (Å²) in [6, 6.07) is 16.3. The van der Waals surface area contributed by atoms with E-state index in [1.807, 2.05) is 18.2 Å². The molecule has 0 amide bonds. The Morgan fingerprint density at radius 3 is 2.58 bits per heavy atom. The third kappa shape index (κ3) is 4.00. The average molecular weight is 346 g/mol. The first-order valence-corrected chi connectivity index (χ1v) is 9.24. The Bertz CT molecular complexity index is 906. The van der Waals surface area contributed by atoms with Crippen LogP contribution in [0.5, 0.6) is 0 Å². The lowest BCUT2D eigenvalue weighted by atomic mass is 10.1. The van der Waals surface area contributed by atoms with Crippen molar-refractivity contribution in [1.29, 1.82) is 0 Å². The van der Waals surface area contributed by atoms with E-state index in [1.165, 1.54) is 0 Å². The van der Waals surface area contributed by atoms with Gasteiger partial charge in [0, 0.05) is 11.9 Å². The molecule has 7 heteroatoms. The van der Waals surface area contributed by atoms with Crippen LogP contribution < -0.4 is 4.72 Å². The van der Waals surface area contributed by atoms with E-state index in [0.29, 0.717) is 23.1 Å². The topological polar surface area (TPSA) is 92.4 Å². The van der Waals surface area contributed by atoms with Gasteiger partial charge in [-0.2, -0.15) is 0 Å². The van der Waals surface area contributed by atoms with Gasteiger partial charge >= 0.3 is 0 Å². The third-order valence-electron chi connectivity index (χ3n) is 3.70. The molecule has 6 nitrogen and oxygen atoms in total. The first-order valence-electron chi connectivity index (χ1n) is 7.59. The number of para-hydroxylation sites is 1. The molecule has 0 radical (unpaired) electrons. The van der Waals surface area contributed by atoms with Crippen molar-refractivity contribution in [2.75, 3.05) is 6.54 Å². The van der Waals surface area contributed by atoms with Crippen molar-refractivity contribution in [3.05, 3.63) is 65.9 Å². The highest BCUT2D eigenvalue weighted by atomic mass is 32.2. The Hall–Kier alpha value is -2.22. The predicted molar refractivity (Wildman–Crippen MR) is 90.7 cm³/mol. The van der Waals surface area contributed by atoms with Gasteiger partial charge in [-0.15, -0.1) is 0 Å². The van der Waals surface area contributed by atoms with Gasteiger partial charge in [0.25, 0.3) is 0 Å². The van der Waals surface area contributed by atoms with E-state index in [4.69, 9.17) is 4.52 Å². The van der Waals surface area contributed by atoms with Gasteiger partial charge in [-0.25, -0.2) is 13.1 Å². The molecule has 2 N–H and O–H groups in total. The predicted octanol–water partition coefficient (Wildman–Crippen LogP) is 2.37. The molecule has 1 heterocycles. The fourth-order valence-corrected chi connectivity index (χ4v) is 3.57. The number of nitrogens with zero attached hydrogens (tertiary/aromatic N) is 1. The van der Waals surface area contributed by atoms with Gasteiger partial charge in [0.05, 0.1) is 6.10 Å². The molecule has 0 unspecified atom stereocenters. The van der Waals surface area contributed by atoms with Crippen LogP contribution in [0.4, 0.5) is 0 Å². The van der Waals surface area contributed by atoms with Gasteiger partial charge in [0.15, 0.2) is 5.58 Å². The Kier molecular flexibility index (Phi) is 4.94. The van der Waals surface area contributed by atoms with Crippen molar-refractivity contribution in [3.63, 3.8) is 0 Å². The van der Waals surface area contributed by atoms with Gasteiger partial charge < -0.3 is 9.63 Å². The molecule has 3 aromatic rings. The molecule has 0 saturated heterocycles. The quantitative estimate of drug-likeness (QED) is 0.685. The SMILES string of the molecule is O=S(=O)(Cc1noc2ccccc12)NCC[C@H](O)c1ccccc1. The third-order valence-corrected chi connectivity index (χ3v) is 5.00. The minimum atomic E-state index is -3.56. The normalized spacial score (nSPS) is 13.2. The monoisotopic (exact) mass is 346 g/mol. The Morgan fingerprint density at radius 1 is 1.08 bits per heavy atom. The summed E-state index contributed by atoms with van der Waals surface area (Å²) >= 11 is 0. The van der Waals surface area contributed by atoms with Crippen molar-refractivity contribution >= 4 is 21.0 Å². The summed E-state index contributed by atoms with van der Waals surface area (Å²) in [6.07, 6.45) is -0.412. The van der Waals surface area contributed by atoms with Crippen molar-refractivity contribution in [3.8, 4) is 0 Å². The first-order chi connectivity index (χ1) is 11.6. The fourth-order valence-electron chi connectivity index (χ4n) is 2.47. The lowest BCUT2D eigenvalue weighted by Crippen LogP contribution is -2.27. The maximum atomic E-state index is 12.2. The zero-order chi connectivity index (χ0) is 17.0. The van der Waals surface area contributed by atoms with Crippen LogP contribution in [0.2, 0.25) is 0 Å². The molecule has 126 valence electrons. The van der Waals surface area contributed by atoms with Crippen molar-refractivity contribution < 1.29 is 18.0 Å². The molecule has 1 atom stereocenters. The van der Waals surface area contributed by atoms with E-state index in [9.17, 15) is 13.5 Å². The van der Waals surface area contributed by atoms with Gasteiger partial charge in [0.1, 0.15) is 11.4 Å². The summed E-state index contributed by atoms with van der Waals surface area (Å²) in [6.45, 7) is 0.147. The summed E-state index contributed by atoms with van der Waals surface area (Å²) in [4.78, 5) is 0. The summed E-state index contributed by atoms with van der Waals surface area (Å²) in [7, 11) is -3.56. The van der Waals surface area contributed by atoms with Crippen LogP contribution in [-0.2, 0) is 15.8 Å². The number of hydrogen-bond donors (Lipinski definition) is 2. The molecule has 24 heavy (non-hydrogen) atoms. The molecular weight excluding hydrogens is 328 g/mol. The van der Waals surface area contributed by atoms with E-state index < -0.39 is 16.1 Å². The molecule has 1 aromatic heterocycles. The summed E-state index contributed by atoms with van der Waals surface area (Å²) < 4.78 is 32.0. The van der Waals surface area contributed by atoms with Gasteiger partial charge in [-0.05, 0) is 24.1 Å². The molecule has 0 aliphatic carbocycles. The maximum Gasteiger partial charge on any atom is 0.217 e. The number of nitrogens with one attached hydrogen (secondary N) is 1. The number of aliphatic hydroxyl groups is 1. The van der Waals surface area contributed by atoms with Gasteiger partial charge in [-0.3, -0.25) is 0 Å². The number of hydrogen-bond acceptors (Lipinski definition) is 5. The van der Waals surface area contributed by atoms with Gasteiger partial charge in [0.2, 0.25) is 10.0 Å². The lowest BCUT2D eigenvalue weighted by molar-refractivity contribution is 0.169. The fraction of sp³-hybridized carbons (Fsp3) is 0.235. The molecule has 0 spiro atoms. The number of sulfonamides is 1. The van der Waals surface area contributed by atoms with E-state index in [0.717, 1.165) is 5.56 Å². The van der Waals surface area contributed by atoms with Crippen LogP contribution in [0.3, 0.4) is 0 Å². The standard InChI is InChI=1S/C17H18N2O4S/c20-16(13-6-2-1-3-7-13)10-11-18-24(21,22)12-15-14-8-4-5-9-17(14)23-19-15/h1-9,16,18,20H,10-12H2/t16-/m0/s1. The minimum Gasteiger partial charge on any atom is -0.388 e. The highest BCUT2D eigenvalue weighted by molar-refractivity contribution is 7.88. The van der Waals surface area contributed by atoms with Crippen molar-refractivity contribution in [2.24, 2.45) is 0 Å². The molecule has 0 saturated carbocycles. The largest absolute Gasteiger partial charge is 0.388 e. The van der Waals surface area contributed by atoms with Crippen LogP contribution in [-0.4, -0.2) is 25.2 Å². The zero-order valence-corrected chi connectivity index (χ0v) is 13.7. The Morgan fingerprint density at radius 2 is 1.79 bits per heavy atom.